The third-order valence-electron chi connectivity index (χ3n) is 3.58. The van der Waals surface area contributed by atoms with Gasteiger partial charge in [-0.2, -0.15) is 13.2 Å². The van der Waals surface area contributed by atoms with Crippen LogP contribution in [-0.2, 0) is 19.3 Å². The lowest BCUT2D eigenvalue weighted by Crippen LogP contribution is -2.37. The second-order valence-corrected chi connectivity index (χ2v) is 7.17. The summed E-state index contributed by atoms with van der Waals surface area (Å²) in [6.45, 7) is 1.03. The number of benzene rings is 1. The molecule has 1 aliphatic rings. The minimum absolute atomic E-state index is 0.0477. The smallest absolute Gasteiger partial charge is 0.382 e. The molecule has 1 heterocycles. The van der Waals surface area contributed by atoms with Crippen LogP contribution in [0.15, 0.2) is 29.2 Å². The number of anilines is 1. The molecular formula is C14H18F3NO4S. The molecule has 0 amide bonds. The fourth-order valence-corrected chi connectivity index (χ4v) is 3.18. The maximum Gasteiger partial charge on any atom is 0.501 e. The largest absolute Gasteiger partial charge is 0.501 e. The van der Waals surface area contributed by atoms with Crippen molar-refractivity contribution in [2.24, 2.45) is 0 Å². The average Bonchev–Trinajstić information content (AvgIpc) is 3.00. The van der Waals surface area contributed by atoms with E-state index in [1.165, 1.54) is 12.1 Å². The minimum Gasteiger partial charge on any atom is -0.382 e. The highest BCUT2D eigenvalue weighted by Crippen LogP contribution is 2.31. The van der Waals surface area contributed by atoms with Gasteiger partial charge in [-0.05, 0) is 37.1 Å². The van der Waals surface area contributed by atoms with Gasteiger partial charge in [-0.15, -0.1) is 0 Å². The molecule has 2 atom stereocenters. The SMILES string of the molecule is COCC(Nc1ccc(S(=O)(=O)C(F)(F)F)cc1)C1CCCO1. The molecule has 1 fully saturated rings. The molecule has 0 spiro atoms. The predicted octanol–water partition coefficient (Wildman–Crippen LogP) is 2.59. The summed E-state index contributed by atoms with van der Waals surface area (Å²) in [5.41, 5.74) is -4.80. The summed E-state index contributed by atoms with van der Waals surface area (Å²) in [6.07, 6.45) is 1.75. The van der Waals surface area contributed by atoms with Crippen molar-refractivity contribution in [1.29, 1.82) is 0 Å². The second kappa shape index (κ2) is 7.06. The Labute approximate surface area is 132 Å². The van der Waals surface area contributed by atoms with Crippen molar-refractivity contribution in [2.75, 3.05) is 25.6 Å². The Kier molecular flexibility index (Phi) is 5.53. The molecule has 1 saturated heterocycles. The highest BCUT2D eigenvalue weighted by Gasteiger charge is 2.46. The highest BCUT2D eigenvalue weighted by atomic mass is 32.2. The minimum atomic E-state index is -5.32. The summed E-state index contributed by atoms with van der Waals surface area (Å²) < 4.78 is 70.8. The molecule has 2 unspecified atom stereocenters. The molecular weight excluding hydrogens is 335 g/mol. The lowest BCUT2D eigenvalue weighted by molar-refractivity contribution is -0.0436. The number of alkyl halides is 3. The van der Waals surface area contributed by atoms with Crippen molar-refractivity contribution in [1.82, 2.24) is 0 Å². The Morgan fingerprint density at radius 1 is 1.35 bits per heavy atom. The summed E-state index contributed by atoms with van der Waals surface area (Å²) in [5, 5.41) is 3.11. The van der Waals surface area contributed by atoms with Gasteiger partial charge in [0.15, 0.2) is 0 Å². The van der Waals surface area contributed by atoms with E-state index in [-0.39, 0.29) is 12.1 Å². The zero-order chi connectivity index (χ0) is 17.1. The average molecular weight is 353 g/mol. The number of rotatable bonds is 6. The molecule has 1 N–H and O–H groups in total. The summed E-state index contributed by atoms with van der Waals surface area (Å²) in [5.74, 6) is 0. The third-order valence-corrected chi connectivity index (χ3v) is 5.08. The van der Waals surface area contributed by atoms with Gasteiger partial charge in [-0.1, -0.05) is 0 Å². The fraction of sp³-hybridized carbons (Fsp3) is 0.571. The first-order valence-corrected chi connectivity index (χ1v) is 8.52. The van der Waals surface area contributed by atoms with Gasteiger partial charge in [0.2, 0.25) is 0 Å². The van der Waals surface area contributed by atoms with Crippen molar-refractivity contribution < 1.29 is 31.1 Å². The number of ether oxygens (including phenoxy) is 2. The van der Waals surface area contributed by atoms with Crippen LogP contribution in [0.2, 0.25) is 0 Å². The zero-order valence-corrected chi connectivity index (χ0v) is 13.3. The lowest BCUT2D eigenvalue weighted by Gasteiger charge is -2.24. The van der Waals surface area contributed by atoms with E-state index < -0.39 is 20.2 Å². The Balaban J connectivity index is 2.12. The van der Waals surface area contributed by atoms with E-state index in [4.69, 9.17) is 9.47 Å². The molecule has 9 heteroatoms. The third kappa shape index (κ3) is 4.15. The lowest BCUT2D eigenvalue weighted by atomic mass is 10.1. The Bertz CT molecular complexity index is 610. The van der Waals surface area contributed by atoms with E-state index in [9.17, 15) is 21.6 Å². The number of hydrogen-bond acceptors (Lipinski definition) is 5. The van der Waals surface area contributed by atoms with Crippen molar-refractivity contribution in [3.05, 3.63) is 24.3 Å². The van der Waals surface area contributed by atoms with Crippen molar-refractivity contribution in [2.45, 2.75) is 35.4 Å². The van der Waals surface area contributed by atoms with Crippen LogP contribution in [0.25, 0.3) is 0 Å². The van der Waals surface area contributed by atoms with Crippen LogP contribution >= 0.6 is 0 Å². The molecule has 130 valence electrons. The van der Waals surface area contributed by atoms with Crippen LogP contribution in [0.1, 0.15) is 12.8 Å². The van der Waals surface area contributed by atoms with Crippen LogP contribution in [0.3, 0.4) is 0 Å². The number of hydrogen-bond donors (Lipinski definition) is 1. The number of halogens is 3. The van der Waals surface area contributed by atoms with Gasteiger partial charge in [-0.25, -0.2) is 8.42 Å². The number of nitrogens with one attached hydrogen (secondary N) is 1. The molecule has 0 aromatic heterocycles. The molecule has 1 aromatic rings. The monoisotopic (exact) mass is 353 g/mol. The number of sulfone groups is 1. The topological polar surface area (TPSA) is 64.6 Å². The molecule has 2 rings (SSSR count). The number of methoxy groups -OCH3 is 1. The van der Waals surface area contributed by atoms with Gasteiger partial charge >= 0.3 is 5.51 Å². The summed E-state index contributed by atoms with van der Waals surface area (Å²) in [7, 11) is -3.78. The van der Waals surface area contributed by atoms with E-state index in [2.05, 4.69) is 5.32 Å². The van der Waals surface area contributed by atoms with Crippen LogP contribution in [0, 0.1) is 0 Å². The molecule has 5 nitrogen and oxygen atoms in total. The molecule has 1 aromatic carbocycles. The molecule has 0 aliphatic carbocycles. The van der Waals surface area contributed by atoms with Crippen LogP contribution in [0.4, 0.5) is 18.9 Å². The van der Waals surface area contributed by atoms with E-state index in [1.807, 2.05) is 0 Å². The Hall–Kier alpha value is -1.32. The standard InChI is InChI=1S/C14H18F3NO4S/c1-21-9-12(13-3-2-8-22-13)18-10-4-6-11(7-5-10)23(19,20)14(15,16)17/h4-7,12-13,18H,2-3,8-9H2,1H3. The van der Waals surface area contributed by atoms with Gasteiger partial charge in [-0.3, -0.25) is 0 Å². The van der Waals surface area contributed by atoms with Crippen LogP contribution in [-0.4, -0.2) is 46.4 Å². The Morgan fingerprint density at radius 2 is 2.00 bits per heavy atom. The first-order valence-electron chi connectivity index (χ1n) is 7.04. The van der Waals surface area contributed by atoms with Crippen molar-refractivity contribution >= 4 is 15.5 Å². The van der Waals surface area contributed by atoms with Crippen LogP contribution in [0.5, 0.6) is 0 Å². The highest BCUT2D eigenvalue weighted by molar-refractivity contribution is 7.92. The maximum absolute atomic E-state index is 12.5. The van der Waals surface area contributed by atoms with Gasteiger partial charge in [0.25, 0.3) is 9.84 Å². The van der Waals surface area contributed by atoms with Crippen LogP contribution < -0.4 is 5.32 Å². The fourth-order valence-electron chi connectivity index (χ4n) is 2.42. The van der Waals surface area contributed by atoms with Gasteiger partial charge in [0.1, 0.15) is 0 Å². The summed E-state index contributed by atoms with van der Waals surface area (Å²) >= 11 is 0. The van der Waals surface area contributed by atoms with Crippen molar-refractivity contribution in [3.8, 4) is 0 Å². The van der Waals surface area contributed by atoms with Gasteiger partial charge in [0, 0.05) is 19.4 Å². The summed E-state index contributed by atoms with van der Waals surface area (Å²) in [6, 6.07) is 4.31. The van der Waals surface area contributed by atoms with E-state index >= 15 is 0 Å². The molecule has 0 saturated carbocycles. The molecule has 1 aliphatic heterocycles. The molecule has 23 heavy (non-hydrogen) atoms. The first kappa shape index (κ1) is 18.0. The predicted molar refractivity (Wildman–Crippen MR) is 77.9 cm³/mol. The normalized spacial score (nSPS) is 20.4. The first-order chi connectivity index (χ1) is 10.8. The van der Waals surface area contributed by atoms with Gasteiger partial charge in [0.05, 0.1) is 23.6 Å². The van der Waals surface area contributed by atoms with E-state index in [1.54, 1.807) is 7.11 Å². The van der Waals surface area contributed by atoms with Crippen molar-refractivity contribution in [3.63, 3.8) is 0 Å². The van der Waals surface area contributed by atoms with E-state index in [0.29, 0.717) is 18.9 Å². The molecule has 0 radical (unpaired) electrons. The quantitative estimate of drug-likeness (QED) is 0.852. The Morgan fingerprint density at radius 3 is 2.48 bits per heavy atom. The van der Waals surface area contributed by atoms with E-state index in [0.717, 1.165) is 25.0 Å². The zero-order valence-electron chi connectivity index (χ0n) is 12.5. The summed E-state index contributed by atoms with van der Waals surface area (Å²) in [4.78, 5) is -0.782. The maximum atomic E-state index is 12.5. The van der Waals surface area contributed by atoms with Gasteiger partial charge < -0.3 is 14.8 Å². The second-order valence-electron chi connectivity index (χ2n) is 5.23. The molecule has 0 bridgehead atoms.